The summed E-state index contributed by atoms with van der Waals surface area (Å²) < 4.78 is 42.2. The number of thioether (sulfide) groups is 1. The van der Waals surface area contributed by atoms with Crippen molar-refractivity contribution in [3.63, 3.8) is 0 Å². The van der Waals surface area contributed by atoms with E-state index in [1.165, 1.54) is 64.6 Å². The monoisotopic (exact) mass is 618 g/mol. The molecule has 1 amide bonds. The number of ether oxygens (including phenoxy) is 2. The summed E-state index contributed by atoms with van der Waals surface area (Å²) in [6.45, 7) is 1.93. The largest absolute Gasteiger partial charge is 0.493 e. The van der Waals surface area contributed by atoms with E-state index < -0.39 is 23.1 Å². The van der Waals surface area contributed by atoms with Crippen LogP contribution in [0.5, 0.6) is 17.2 Å². The Labute approximate surface area is 253 Å². The molecule has 0 radical (unpaired) electrons. The van der Waals surface area contributed by atoms with Crippen LogP contribution >= 0.6 is 23.1 Å². The second-order valence-corrected chi connectivity index (χ2v) is 11.5. The normalized spacial score (nSPS) is 14.3. The topological polar surface area (TPSA) is 85.7 Å². The van der Waals surface area contributed by atoms with E-state index in [1.807, 2.05) is 24.7 Å². The summed E-state index contributed by atoms with van der Waals surface area (Å²) in [7, 11) is 2.00. The number of benzene rings is 2. The first-order chi connectivity index (χ1) is 20.8. The molecule has 12 heteroatoms. The number of nitrogens with one attached hydrogen (secondary N) is 1. The van der Waals surface area contributed by atoms with Crippen LogP contribution in [0.1, 0.15) is 27.5 Å². The standard InChI is InChI=1S/C31H24F2N4O4S2/c1-3-40-24-11-13-37(20-7-4-18(32)5-8-20)30(39)27(24)29(38)35-19-6-9-23(21(33)16-19)41-25-10-12-34-22-17-26(43-28(22)25)31-36(2)14-15-42-31/h4-17,31H,3H2,1-2H3,(H,35,38). The van der Waals surface area contributed by atoms with Gasteiger partial charge < -0.3 is 19.7 Å². The van der Waals surface area contributed by atoms with Crippen LogP contribution in [-0.2, 0) is 0 Å². The maximum atomic E-state index is 15.3. The number of fused-ring (bicyclic) bond motifs is 1. The highest BCUT2D eigenvalue weighted by Crippen LogP contribution is 2.44. The first-order valence-corrected chi connectivity index (χ1v) is 14.9. The highest BCUT2D eigenvalue weighted by Gasteiger charge is 2.23. The fourth-order valence-corrected chi connectivity index (χ4v) is 6.85. The van der Waals surface area contributed by atoms with E-state index in [2.05, 4.69) is 15.2 Å². The number of aromatic nitrogens is 2. The van der Waals surface area contributed by atoms with Crippen LogP contribution in [0.3, 0.4) is 0 Å². The summed E-state index contributed by atoms with van der Waals surface area (Å²) in [6, 6.07) is 14.4. The van der Waals surface area contributed by atoms with E-state index in [1.54, 1.807) is 30.9 Å². The number of hydrogen-bond acceptors (Lipinski definition) is 8. The number of hydrogen-bond donors (Lipinski definition) is 1. The second-order valence-electron chi connectivity index (χ2n) is 9.45. The van der Waals surface area contributed by atoms with Crippen LogP contribution in [0.15, 0.2) is 89.5 Å². The number of nitrogens with zero attached hydrogens (tertiary/aromatic N) is 3. The van der Waals surface area contributed by atoms with Gasteiger partial charge in [0.15, 0.2) is 11.6 Å². The number of rotatable bonds is 8. The first-order valence-electron chi connectivity index (χ1n) is 13.2. The molecule has 1 aliphatic heterocycles. The Morgan fingerprint density at radius 2 is 1.86 bits per heavy atom. The lowest BCUT2D eigenvalue weighted by Crippen LogP contribution is -2.29. The summed E-state index contributed by atoms with van der Waals surface area (Å²) in [6.07, 6.45) is 5.06. The molecular formula is C31H24F2N4O4S2. The lowest BCUT2D eigenvalue weighted by molar-refractivity contribution is 0.102. The fourth-order valence-electron chi connectivity index (χ4n) is 4.57. The van der Waals surface area contributed by atoms with Gasteiger partial charge in [0.1, 0.15) is 28.3 Å². The van der Waals surface area contributed by atoms with Crippen molar-refractivity contribution in [1.29, 1.82) is 0 Å². The van der Waals surface area contributed by atoms with Crippen molar-refractivity contribution in [3.05, 3.63) is 117 Å². The summed E-state index contributed by atoms with van der Waals surface area (Å²) >= 11 is 3.23. The molecule has 0 saturated carbocycles. The minimum atomic E-state index is -0.788. The van der Waals surface area contributed by atoms with Gasteiger partial charge in [0.2, 0.25) is 0 Å². The van der Waals surface area contributed by atoms with Crippen LogP contribution < -0.4 is 20.3 Å². The fraction of sp³-hybridized carbons (Fsp3) is 0.129. The molecular weight excluding hydrogens is 594 g/mol. The molecule has 4 heterocycles. The van der Waals surface area contributed by atoms with Crippen molar-refractivity contribution >= 4 is 44.9 Å². The predicted octanol–water partition coefficient (Wildman–Crippen LogP) is 7.32. The van der Waals surface area contributed by atoms with E-state index in [0.717, 1.165) is 21.2 Å². The Balaban J connectivity index is 1.25. The zero-order chi connectivity index (χ0) is 30.1. The minimum Gasteiger partial charge on any atom is -0.493 e. The third kappa shape index (κ3) is 5.71. The van der Waals surface area contributed by atoms with Gasteiger partial charge in [-0.05, 0) is 60.9 Å². The number of carbonyl (C=O) groups excluding carboxylic acids is 1. The van der Waals surface area contributed by atoms with Crippen LogP contribution in [0.25, 0.3) is 15.9 Å². The van der Waals surface area contributed by atoms with Gasteiger partial charge in [-0.3, -0.25) is 19.1 Å². The number of anilines is 1. The maximum absolute atomic E-state index is 15.3. The minimum absolute atomic E-state index is 0.0390. The molecule has 1 N–H and O–H groups in total. The van der Waals surface area contributed by atoms with Gasteiger partial charge in [0, 0.05) is 54.0 Å². The molecule has 0 saturated heterocycles. The molecule has 6 rings (SSSR count). The average Bonchev–Trinajstić information content (AvgIpc) is 3.62. The van der Waals surface area contributed by atoms with Crippen molar-refractivity contribution in [2.75, 3.05) is 19.0 Å². The molecule has 0 aliphatic carbocycles. The Hall–Kier alpha value is -4.68. The van der Waals surface area contributed by atoms with Crippen molar-refractivity contribution < 1.29 is 23.0 Å². The number of halogens is 2. The third-order valence-corrected chi connectivity index (χ3v) is 9.07. The van der Waals surface area contributed by atoms with Crippen LogP contribution in [-0.4, -0.2) is 34.0 Å². The van der Waals surface area contributed by atoms with Crippen molar-refractivity contribution in [2.24, 2.45) is 0 Å². The number of amides is 1. The van der Waals surface area contributed by atoms with Crippen LogP contribution in [0.2, 0.25) is 0 Å². The molecule has 0 spiro atoms. The Morgan fingerprint density at radius 3 is 2.58 bits per heavy atom. The van der Waals surface area contributed by atoms with Crippen molar-refractivity contribution in [2.45, 2.75) is 12.3 Å². The Bertz CT molecular complexity index is 1920. The van der Waals surface area contributed by atoms with Crippen molar-refractivity contribution in [3.8, 4) is 22.9 Å². The van der Waals surface area contributed by atoms with Gasteiger partial charge in [-0.1, -0.05) is 0 Å². The van der Waals surface area contributed by atoms with E-state index in [-0.39, 0.29) is 34.7 Å². The van der Waals surface area contributed by atoms with Gasteiger partial charge >= 0.3 is 0 Å². The van der Waals surface area contributed by atoms with Gasteiger partial charge in [-0.2, -0.15) is 0 Å². The first kappa shape index (κ1) is 28.4. The number of thiophene rings is 1. The molecule has 0 fully saturated rings. The summed E-state index contributed by atoms with van der Waals surface area (Å²) in [5.41, 5.74) is 0.279. The van der Waals surface area contributed by atoms with E-state index in [9.17, 15) is 14.0 Å². The molecule has 1 aliphatic rings. The molecule has 8 nitrogen and oxygen atoms in total. The smallest absolute Gasteiger partial charge is 0.271 e. The van der Waals surface area contributed by atoms with Gasteiger partial charge in [0.25, 0.3) is 11.5 Å². The summed E-state index contributed by atoms with van der Waals surface area (Å²) in [4.78, 5) is 34.3. The van der Waals surface area contributed by atoms with E-state index in [0.29, 0.717) is 11.4 Å². The third-order valence-electron chi connectivity index (χ3n) is 6.61. The second kappa shape index (κ2) is 11.9. The molecule has 5 aromatic rings. The zero-order valence-electron chi connectivity index (χ0n) is 22.9. The molecule has 0 bridgehead atoms. The van der Waals surface area contributed by atoms with Crippen LogP contribution in [0.4, 0.5) is 14.5 Å². The maximum Gasteiger partial charge on any atom is 0.271 e. The average molecular weight is 619 g/mol. The predicted molar refractivity (Wildman–Crippen MR) is 164 cm³/mol. The number of carbonyl (C=O) groups is 1. The molecule has 2 aromatic carbocycles. The molecule has 3 aromatic heterocycles. The SMILES string of the molecule is CCOc1ccn(-c2ccc(F)cc2)c(=O)c1C(=O)Nc1ccc(Oc2ccnc3cc(C4SC=CN4C)sc23)c(F)c1. The lowest BCUT2D eigenvalue weighted by Gasteiger charge is -2.17. The van der Waals surface area contributed by atoms with Crippen molar-refractivity contribution in [1.82, 2.24) is 14.5 Å². The Kier molecular flexibility index (Phi) is 7.87. The Morgan fingerprint density at radius 1 is 1.05 bits per heavy atom. The van der Waals surface area contributed by atoms with Crippen LogP contribution in [0, 0.1) is 11.6 Å². The van der Waals surface area contributed by atoms with Gasteiger partial charge in [-0.15, -0.1) is 23.1 Å². The van der Waals surface area contributed by atoms with Gasteiger partial charge in [0.05, 0.1) is 16.8 Å². The molecule has 43 heavy (non-hydrogen) atoms. The molecule has 1 unspecified atom stereocenters. The highest BCUT2D eigenvalue weighted by atomic mass is 32.2. The quantitative estimate of drug-likeness (QED) is 0.195. The summed E-state index contributed by atoms with van der Waals surface area (Å²) in [5, 5.41) is 4.75. The lowest BCUT2D eigenvalue weighted by atomic mass is 10.2. The molecule has 1 atom stereocenters. The zero-order valence-corrected chi connectivity index (χ0v) is 24.5. The van der Waals surface area contributed by atoms with E-state index >= 15 is 4.39 Å². The molecule has 218 valence electrons. The number of pyridine rings is 2. The van der Waals surface area contributed by atoms with E-state index in [4.69, 9.17) is 9.47 Å². The summed E-state index contributed by atoms with van der Waals surface area (Å²) in [5.74, 6) is -1.47. The van der Waals surface area contributed by atoms with Gasteiger partial charge in [-0.25, -0.2) is 8.78 Å². The highest BCUT2D eigenvalue weighted by molar-refractivity contribution is 8.02.